The highest BCUT2D eigenvalue weighted by atomic mass is 16.5. The largest absolute Gasteiger partial charge is 0.504 e. The first-order chi connectivity index (χ1) is 12.6. The molecule has 3 rings (SSSR count). The first-order valence-corrected chi connectivity index (χ1v) is 8.25. The molecule has 0 spiro atoms. The van der Waals surface area contributed by atoms with Crippen LogP contribution in [0.3, 0.4) is 0 Å². The van der Waals surface area contributed by atoms with E-state index in [0.29, 0.717) is 18.1 Å². The molecule has 0 saturated carbocycles. The van der Waals surface area contributed by atoms with Crippen molar-refractivity contribution in [1.29, 1.82) is 0 Å². The lowest BCUT2D eigenvalue weighted by Gasteiger charge is -2.18. The molecule has 2 aromatic rings. The van der Waals surface area contributed by atoms with Gasteiger partial charge in [0.05, 0.1) is 26.2 Å². The third kappa shape index (κ3) is 3.34. The van der Waals surface area contributed by atoms with Crippen molar-refractivity contribution in [2.45, 2.75) is 12.0 Å². The van der Waals surface area contributed by atoms with E-state index >= 15 is 0 Å². The molecule has 0 aromatic heterocycles. The standard InChI is InChI=1S/C20H22O6/c1-24-7-3-4-12-8-14-15(11-21)19(26-20(14)17(23)9-12)13-5-6-16(22)18(10-13)25-2/h3-6,8-10,15,19,21-23H,7,11H2,1-2H3/b4-3+/t15-,19+/m1/s1. The summed E-state index contributed by atoms with van der Waals surface area (Å²) in [5, 5.41) is 30.1. The van der Waals surface area contributed by atoms with Gasteiger partial charge in [-0.2, -0.15) is 0 Å². The molecule has 0 radical (unpaired) electrons. The third-order valence-electron chi connectivity index (χ3n) is 4.43. The Hall–Kier alpha value is -2.70. The van der Waals surface area contributed by atoms with Gasteiger partial charge in [-0.05, 0) is 35.4 Å². The molecule has 1 heterocycles. The van der Waals surface area contributed by atoms with E-state index in [4.69, 9.17) is 14.2 Å². The highest BCUT2D eigenvalue weighted by Crippen LogP contribution is 2.51. The summed E-state index contributed by atoms with van der Waals surface area (Å²) in [7, 11) is 3.08. The second-order valence-electron chi connectivity index (χ2n) is 6.07. The number of methoxy groups -OCH3 is 2. The van der Waals surface area contributed by atoms with E-state index in [1.807, 2.05) is 18.2 Å². The molecule has 1 aliphatic rings. The monoisotopic (exact) mass is 358 g/mol. The van der Waals surface area contributed by atoms with Gasteiger partial charge in [-0.3, -0.25) is 0 Å². The quantitative estimate of drug-likeness (QED) is 0.736. The maximum atomic E-state index is 10.4. The number of benzene rings is 2. The van der Waals surface area contributed by atoms with Crippen LogP contribution in [0.25, 0.3) is 6.08 Å². The zero-order valence-corrected chi connectivity index (χ0v) is 14.7. The fraction of sp³-hybridized carbons (Fsp3) is 0.300. The Kier molecular flexibility index (Phi) is 5.35. The minimum atomic E-state index is -0.492. The minimum Gasteiger partial charge on any atom is -0.504 e. The van der Waals surface area contributed by atoms with E-state index in [0.717, 1.165) is 16.7 Å². The van der Waals surface area contributed by atoms with Crippen LogP contribution in [0.2, 0.25) is 0 Å². The lowest BCUT2D eigenvalue weighted by atomic mass is 9.90. The van der Waals surface area contributed by atoms with Crippen molar-refractivity contribution < 1.29 is 29.5 Å². The summed E-state index contributed by atoms with van der Waals surface area (Å²) in [5.41, 5.74) is 2.27. The van der Waals surface area contributed by atoms with Crippen LogP contribution in [0.5, 0.6) is 23.0 Å². The second kappa shape index (κ2) is 7.68. The van der Waals surface area contributed by atoms with E-state index in [1.54, 1.807) is 25.3 Å². The zero-order valence-electron chi connectivity index (χ0n) is 14.7. The third-order valence-corrected chi connectivity index (χ3v) is 4.43. The van der Waals surface area contributed by atoms with Gasteiger partial charge in [-0.1, -0.05) is 18.2 Å². The molecule has 138 valence electrons. The molecule has 1 aliphatic heterocycles. The van der Waals surface area contributed by atoms with E-state index < -0.39 is 6.10 Å². The predicted octanol–water partition coefficient (Wildman–Crippen LogP) is 2.98. The van der Waals surface area contributed by atoms with Crippen molar-refractivity contribution in [2.75, 3.05) is 27.4 Å². The molecule has 0 aliphatic carbocycles. The lowest BCUT2D eigenvalue weighted by Crippen LogP contribution is -2.13. The van der Waals surface area contributed by atoms with Crippen LogP contribution in [0.15, 0.2) is 36.4 Å². The zero-order chi connectivity index (χ0) is 18.7. The maximum Gasteiger partial charge on any atom is 0.165 e. The summed E-state index contributed by atoms with van der Waals surface area (Å²) in [4.78, 5) is 0. The Balaban J connectivity index is 1.97. The summed E-state index contributed by atoms with van der Waals surface area (Å²) >= 11 is 0. The predicted molar refractivity (Wildman–Crippen MR) is 96.9 cm³/mol. The van der Waals surface area contributed by atoms with Gasteiger partial charge in [0.1, 0.15) is 6.10 Å². The molecule has 6 nitrogen and oxygen atoms in total. The minimum absolute atomic E-state index is 0.0197. The van der Waals surface area contributed by atoms with Gasteiger partial charge in [0.25, 0.3) is 0 Å². The number of aliphatic hydroxyl groups is 1. The summed E-state index contributed by atoms with van der Waals surface area (Å²) in [6.45, 7) is 0.319. The molecule has 2 aromatic carbocycles. The average Bonchev–Trinajstić information content (AvgIpc) is 3.01. The Bertz CT molecular complexity index is 814. The van der Waals surface area contributed by atoms with Gasteiger partial charge < -0.3 is 29.5 Å². The molecule has 6 heteroatoms. The van der Waals surface area contributed by atoms with Crippen LogP contribution in [0.4, 0.5) is 0 Å². The molecule has 0 saturated heterocycles. The Labute approximate surface area is 151 Å². The van der Waals surface area contributed by atoms with E-state index in [9.17, 15) is 15.3 Å². The first kappa shape index (κ1) is 18.1. The van der Waals surface area contributed by atoms with Gasteiger partial charge in [0, 0.05) is 12.7 Å². The average molecular weight is 358 g/mol. The van der Waals surface area contributed by atoms with Crippen molar-refractivity contribution in [3.05, 3.63) is 53.1 Å². The van der Waals surface area contributed by atoms with Gasteiger partial charge in [0.2, 0.25) is 0 Å². The van der Waals surface area contributed by atoms with Crippen molar-refractivity contribution in [1.82, 2.24) is 0 Å². The SMILES string of the molecule is COC/C=C/c1cc(O)c2c(c1)[C@@H](CO)[C@H](c1ccc(O)c(OC)c1)O2. The molecule has 3 N–H and O–H groups in total. The van der Waals surface area contributed by atoms with Crippen LogP contribution < -0.4 is 9.47 Å². The Morgan fingerprint density at radius 3 is 2.62 bits per heavy atom. The summed E-state index contributed by atoms with van der Waals surface area (Å²) in [5.74, 6) is 0.393. The van der Waals surface area contributed by atoms with Crippen molar-refractivity contribution in [3.8, 4) is 23.0 Å². The number of phenolic OH excluding ortho intramolecular Hbond substituents is 2. The fourth-order valence-corrected chi connectivity index (χ4v) is 3.18. The molecule has 26 heavy (non-hydrogen) atoms. The number of fused-ring (bicyclic) bond motifs is 1. The van der Waals surface area contributed by atoms with Crippen molar-refractivity contribution in [2.24, 2.45) is 0 Å². The van der Waals surface area contributed by atoms with Crippen LogP contribution in [0.1, 0.15) is 28.7 Å². The maximum absolute atomic E-state index is 10.4. The van der Waals surface area contributed by atoms with Gasteiger partial charge in [-0.25, -0.2) is 0 Å². The first-order valence-electron chi connectivity index (χ1n) is 8.25. The number of rotatable bonds is 6. The van der Waals surface area contributed by atoms with Gasteiger partial charge in [0.15, 0.2) is 23.0 Å². The summed E-state index contributed by atoms with van der Waals surface area (Å²) in [6, 6.07) is 8.41. The Morgan fingerprint density at radius 1 is 1.12 bits per heavy atom. The van der Waals surface area contributed by atoms with Crippen LogP contribution in [-0.2, 0) is 4.74 Å². The van der Waals surface area contributed by atoms with Crippen molar-refractivity contribution in [3.63, 3.8) is 0 Å². The molecule has 2 atom stereocenters. The number of hydrogen-bond acceptors (Lipinski definition) is 6. The molecule has 0 fully saturated rings. The molecule has 0 amide bonds. The number of ether oxygens (including phenoxy) is 3. The number of aliphatic hydroxyl groups excluding tert-OH is 1. The highest BCUT2D eigenvalue weighted by Gasteiger charge is 2.37. The van der Waals surface area contributed by atoms with E-state index in [1.165, 1.54) is 13.2 Å². The lowest BCUT2D eigenvalue weighted by molar-refractivity contribution is 0.157. The van der Waals surface area contributed by atoms with E-state index in [2.05, 4.69) is 0 Å². The summed E-state index contributed by atoms with van der Waals surface area (Å²) in [6.07, 6.45) is 3.19. The van der Waals surface area contributed by atoms with E-state index in [-0.39, 0.29) is 24.0 Å². The number of phenols is 2. The molecular weight excluding hydrogens is 336 g/mol. The van der Waals surface area contributed by atoms with Crippen molar-refractivity contribution >= 4 is 6.08 Å². The summed E-state index contributed by atoms with van der Waals surface area (Å²) < 4.78 is 16.1. The second-order valence-corrected chi connectivity index (χ2v) is 6.07. The topological polar surface area (TPSA) is 88.4 Å². The van der Waals surface area contributed by atoms with Crippen LogP contribution >= 0.6 is 0 Å². The number of hydrogen-bond donors (Lipinski definition) is 3. The van der Waals surface area contributed by atoms with Crippen LogP contribution in [0, 0.1) is 0 Å². The Morgan fingerprint density at radius 2 is 1.92 bits per heavy atom. The molecular formula is C20H22O6. The van der Waals surface area contributed by atoms with Gasteiger partial charge in [-0.15, -0.1) is 0 Å². The molecule has 0 unspecified atom stereocenters. The van der Waals surface area contributed by atoms with Gasteiger partial charge >= 0.3 is 0 Å². The molecule has 0 bridgehead atoms. The van der Waals surface area contributed by atoms with Crippen LogP contribution in [-0.4, -0.2) is 42.8 Å². The normalized spacial score (nSPS) is 18.7. The smallest absolute Gasteiger partial charge is 0.165 e. The highest BCUT2D eigenvalue weighted by molar-refractivity contribution is 5.62. The number of aromatic hydroxyl groups is 2. The fourth-order valence-electron chi connectivity index (χ4n) is 3.18.